The second-order valence-electron chi connectivity index (χ2n) is 6.66. The third-order valence-electron chi connectivity index (χ3n) is 4.96. The number of alkyl halides is 3. The van der Waals surface area contributed by atoms with E-state index in [1.165, 1.54) is 18.4 Å². The summed E-state index contributed by atoms with van der Waals surface area (Å²) in [6.07, 6.45) is -2.05. The number of furan rings is 1. The lowest BCUT2D eigenvalue weighted by Gasteiger charge is -2.38. The van der Waals surface area contributed by atoms with Crippen LogP contribution in [0.1, 0.15) is 40.1 Å². The molecule has 0 bridgehead atoms. The SMILES string of the molecule is Cl.NCc1cc(C(=O)NCC2(c3cccc(C(F)(F)F)c3)CCOCC2)co1. The van der Waals surface area contributed by atoms with Gasteiger partial charge in [-0.15, -0.1) is 12.4 Å². The van der Waals surface area contributed by atoms with Gasteiger partial charge in [-0.05, 0) is 30.5 Å². The van der Waals surface area contributed by atoms with E-state index in [2.05, 4.69) is 5.32 Å². The minimum Gasteiger partial charge on any atom is -0.467 e. The molecule has 1 amide bonds. The molecular weight excluding hydrogens is 397 g/mol. The fraction of sp³-hybridized carbons (Fsp3) is 0.421. The fourth-order valence-electron chi connectivity index (χ4n) is 3.31. The van der Waals surface area contributed by atoms with Crippen LogP contribution < -0.4 is 11.1 Å². The van der Waals surface area contributed by atoms with E-state index in [1.807, 2.05) is 0 Å². The highest BCUT2D eigenvalue weighted by Crippen LogP contribution is 2.37. The first-order chi connectivity index (χ1) is 12.8. The van der Waals surface area contributed by atoms with Gasteiger partial charge in [0.05, 0.1) is 17.7 Å². The number of nitrogens with two attached hydrogens (primary N) is 1. The predicted molar refractivity (Wildman–Crippen MR) is 99.4 cm³/mol. The first-order valence-electron chi connectivity index (χ1n) is 8.65. The van der Waals surface area contributed by atoms with Gasteiger partial charge in [0, 0.05) is 25.2 Å². The highest BCUT2D eigenvalue weighted by atomic mass is 35.5. The van der Waals surface area contributed by atoms with Crippen molar-refractivity contribution in [3.63, 3.8) is 0 Å². The van der Waals surface area contributed by atoms with E-state index in [-0.39, 0.29) is 31.4 Å². The molecule has 1 aromatic heterocycles. The van der Waals surface area contributed by atoms with Crippen LogP contribution in [0.5, 0.6) is 0 Å². The van der Waals surface area contributed by atoms with E-state index >= 15 is 0 Å². The van der Waals surface area contributed by atoms with Gasteiger partial charge in [0.2, 0.25) is 0 Å². The number of benzene rings is 1. The van der Waals surface area contributed by atoms with Gasteiger partial charge in [-0.1, -0.05) is 18.2 Å². The molecular formula is C19H22ClF3N2O3. The zero-order valence-electron chi connectivity index (χ0n) is 15.1. The summed E-state index contributed by atoms with van der Waals surface area (Å²) in [7, 11) is 0. The summed E-state index contributed by atoms with van der Waals surface area (Å²) in [5.41, 5.74) is 5.05. The van der Waals surface area contributed by atoms with Crippen molar-refractivity contribution < 1.29 is 27.1 Å². The maximum atomic E-state index is 13.1. The quantitative estimate of drug-likeness (QED) is 0.776. The van der Waals surface area contributed by atoms with Gasteiger partial charge in [0.15, 0.2) is 0 Å². The number of halogens is 4. The molecule has 154 valence electrons. The molecule has 0 unspecified atom stereocenters. The topological polar surface area (TPSA) is 77.5 Å². The number of hydrogen-bond acceptors (Lipinski definition) is 4. The van der Waals surface area contributed by atoms with Gasteiger partial charge < -0.3 is 20.2 Å². The van der Waals surface area contributed by atoms with Crippen LogP contribution in [-0.2, 0) is 22.9 Å². The Bertz CT molecular complexity index is 802. The monoisotopic (exact) mass is 418 g/mol. The molecule has 0 radical (unpaired) electrons. The van der Waals surface area contributed by atoms with Crippen LogP contribution in [-0.4, -0.2) is 25.7 Å². The zero-order chi connectivity index (χ0) is 19.5. The Morgan fingerprint density at radius 1 is 1.21 bits per heavy atom. The Morgan fingerprint density at radius 3 is 2.54 bits per heavy atom. The first-order valence-corrected chi connectivity index (χ1v) is 8.65. The molecule has 3 N–H and O–H groups in total. The smallest absolute Gasteiger partial charge is 0.416 e. The number of nitrogens with one attached hydrogen (secondary N) is 1. The number of carbonyl (C=O) groups is 1. The number of carbonyl (C=O) groups excluding carboxylic acids is 1. The van der Waals surface area contributed by atoms with E-state index < -0.39 is 17.2 Å². The average Bonchev–Trinajstić information content (AvgIpc) is 3.16. The van der Waals surface area contributed by atoms with Crippen molar-refractivity contribution in [2.24, 2.45) is 5.73 Å². The number of amides is 1. The summed E-state index contributed by atoms with van der Waals surface area (Å²) >= 11 is 0. The van der Waals surface area contributed by atoms with E-state index in [9.17, 15) is 18.0 Å². The van der Waals surface area contributed by atoms with Crippen molar-refractivity contribution in [3.05, 3.63) is 59.0 Å². The van der Waals surface area contributed by atoms with E-state index in [1.54, 1.807) is 12.1 Å². The standard InChI is InChI=1S/C19H21F3N2O3.ClH/c20-19(21,22)15-3-1-2-14(9-15)18(4-6-26-7-5-18)12-24-17(25)13-8-16(10-23)27-11-13;/h1-3,8-9,11H,4-7,10,12,23H2,(H,24,25);1H. The molecule has 1 aliphatic heterocycles. The van der Waals surface area contributed by atoms with Crippen LogP contribution in [0.25, 0.3) is 0 Å². The number of ether oxygens (including phenoxy) is 1. The van der Waals surface area contributed by atoms with Crippen LogP contribution in [0.4, 0.5) is 13.2 Å². The van der Waals surface area contributed by atoms with Crippen LogP contribution in [0.2, 0.25) is 0 Å². The van der Waals surface area contributed by atoms with Crippen molar-refractivity contribution in [2.45, 2.75) is 31.0 Å². The van der Waals surface area contributed by atoms with Gasteiger partial charge in [-0.2, -0.15) is 13.2 Å². The minimum absolute atomic E-state index is 0. The lowest BCUT2D eigenvalue weighted by Crippen LogP contribution is -2.44. The number of hydrogen-bond donors (Lipinski definition) is 2. The summed E-state index contributed by atoms with van der Waals surface area (Å²) < 4.78 is 49.9. The van der Waals surface area contributed by atoms with E-state index in [0.29, 0.717) is 42.9 Å². The molecule has 28 heavy (non-hydrogen) atoms. The molecule has 5 nitrogen and oxygen atoms in total. The van der Waals surface area contributed by atoms with E-state index in [4.69, 9.17) is 14.9 Å². The molecule has 2 heterocycles. The van der Waals surface area contributed by atoms with Crippen LogP contribution in [0.15, 0.2) is 41.0 Å². The summed E-state index contributed by atoms with van der Waals surface area (Å²) in [5, 5.41) is 2.83. The maximum Gasteiger partial charge on any atom is 0.416 e. The average molecular weight is 419 g/mol. The largest absolute Gasteiger partial charge is 0.467 e. The normalized spacial score (nSPS) is 16.3. The Hall–Kier alpha value is -2.03. The maximum absolute atomic E-state index is 13.1. The summed E-state index contributed by atoms with van der Waals surface area (Å²) in [6.45, 7) is 1.24. The molecule has 0 aliphatic carbocycles. The van der Waals surface area contributed by atoms with E-state index in [0.717, 1.165) is 6.07 Å². The second-order valence-corrected chi connectivity index (χ2v) is 6.66. The Balaban J connectivity index is 0.00000280. The zero-order valence-corrected chi connectivity index (χ0v) is 15.9. The van der Waals surface area contributed by atoms with Crippen molar-refractivity contribution in [1.29, 1.82) is 0 Å². The van der Waals surface area contributed by atoms with Gasteiger partial charge >= 0.3 is 6.18 Å². The van der Waals surface area contributed by atoms with Crippen molar-refractivity contribution in [1.82, 2.24) is 5.32 Å². The molecule has 2 aromatic rings. The molecule has 9 heteroatoms. The van der Waals surface area contributed by atoms with Gasteiger partial charge in [-0.25, -0.2) is 0 Å². The molecule has 0 saturated carbocycles. The Morgan fingerprint density at radius 2 is 1.93 bits per heavy atom. The Labute approximate surface area is 166 Å². The highest BCUT2D eigenvalue weighted by Gasteiger charge is 2.37. The van der Waals surface area contributed by atoms with Crippen molar-refractivity contribution >= 4 is 18.3 Å². The fourth-order valence-corrected chi connectivity index (χ4v) is 3.31. The summed E-state index contributed by atoms with van der Waals surface area (Å²) in [4.78, 5) is 12.4. The van der Waals surface area contributed by atoms with Gasteiger partial charge in [-0.3, -0.25) is 4.79 Å². The Kier molecular flexibility index (Phi) is 7.14. The van der Waals surface area contributed by atoms with Crippen LogP contribution >= 0.6 is 12.4 Å². The van der Waals surface area contributed by atoms with Crippen LogP contribution in [0, 0.1) is 0 Å². The molecule has 0 atom stereocenters. The predicted octanol–water partition coefficient (Wildman–Crippen LogP) is 3.66. The van der Waals surface area contributed by atoms with Gasteiger partial charge in [0.1, 0.15) is 12.0 Å². The molecule has 0 spiro atoms. The van der Waals surface area contributed by atoms with Crippen LogP contribution in [0.3, 0.4) is 0 Å². The van der Waals surface area contributed by atoms with Gasteiger partial charge in [0.25, 0.3) is 5.91 Å². The number of rotatable bonds is 5. The lowest BCUT2D eigenvalue weighted by molar-refractivity contribution is -0.137. The highest BCUT2D eigenvalue weighted by molar-refractivity contribution is 5.94. The third-order valence-corrected chi connectivity index (χ3v) is 4.96. The summed E-state index contributed by atoms with van der Waals surface area (Å²) in [6, 6.07) is 6.85. The van der Waals surface area contributed by atoms with Crippen molar-refractivity contribution in [2.75, 3.05) is 19.8 Å². The second kappa shape index (κ2) is 8.98. The lowest BCUT2D eigenvalue weighted by atomic mass is 9.73. The van der Waals surface area contributed by atoms with Crippen molar-refractivity contribution in [3.8, 4) is 0 Å². The molecule has 1 aliphatic rings. The molecule has 1 aromatic carbocycles. The third kappa shape index (κ3) is 4.87. The molecule has 1 saturated heterocycles. The summed E-state index contributed by atoms with van der Waals surface area (Å²) in [5.74, 6) is 0.134. The molecule has 1 fully saturated rings. The molecule has 3 rings (SSSR count). The first kappa shape index (κ1) is 22.3. The minimum atomic E-state index is -4.42.